The van der Waals surface area contributed by atoms with Crippen molar-refractivity contribution in [2.45, 2.75) is 76.0 Å². The Bertz CT molecular complexity index is 853. The molecule has 0 atom stereocenters. The quantitative estimate of drug-likeness (QED) is 0.293. The molecule has 30 heavy (non-hydrogen) atoms. The number of hydrogen-bond acceptors (Lipinski definition) is 4. The number of rotatable bonds is 13. The van der Waals surface area contributed by atoms with E-state index in [1.807, 2.05) is 6.07 Å². The number of benzene rings is 2. The first-order valence-corrected chi connectivity index (χ1v) is 11.9. The molecular formula is C23H31NaO5S. The van der Waals surface area contributed by atoms with Crippen molar-refractivity contribution in [3.05, 3.63) is 48.0 Å². The van der Waals surface area contributed by atoms with E-state index >= 15 is 0 Å². The summed E-state index contributed by atoms with van der Waals surface area (Å²) in [6.07, 6.45) is 10.8. The minimum atomic E-state index is -4.46. The molecule has 2 aromatic carbocycles. The zero-order valence-electron chi connectivity index (χ0n) is 18.1. The van der Waals surface area contributed by atoms with Crippen molar-refractivity contribution in [3.63, 3.8) is 0 Å². The summed E-state index contributed by atoms with van der Waals surface area (Å²) in [5.74, 6) is -0.00920. The largest absolute Gasteiger partial charge is 1.00 e. The van der Waals surface area contributed by atoms with E-state index in [1.54, 1.807) is 24.3 Å². The van der Waals surface area contributed by atoms with Crippen molar-refractivity contribution < 1.29 is 52.4 Å². The summed E-state index contributed by atoms with van der Waals surface area (Å²) in [4.78, 5) is -0.317. The SMILES string of the molecule is CCCCCCCCCCCc1cc(Oc2ccccc2)c([O-])cc1S(=O)(=O)O.[Na+]. The Morgan fingerprint density at radius 3 is 2.03 bits per heavy atom. The monoisotopic (exact) mass is 442 g/mol. The predicted octanol–water partition coefficient (Wildman–Crippen LogP) is 2.88. The van der Waals surface area contributed by atoms with Crippen molar-refractivity contribution in [2.75, 3.05) is 0 Å². The van der Waals surface area contributed by atoms with Gasteiger partial charge in [0, 0.05) is 0 Å². The molecular weight excluding hydrogens is 411 g/mol. The zero-order valence-corrected chi connectivity index (χ0v) is 20.9. The van der Waals surface area contributed by atoms with Crippen molar-refractivity contribution in [1.29, 1.82) is 0 Å². The Hall–Kier alpha value is -1.05. The maximum atomic E-state index is 12.3. The van der Waals surface area contributed by atoms with Gasteiger partial charge in [0.05, 0.1) is 4.90 Å². The van der Waals surface area contributed by atoms with Crippen LogP contribution < -0.4 is 39.4 Å². The van der Waals surface area contributed by atoms with Gasteiger partial charge in [0.25, 0.3) is 10.1 Å². The number of ether oxygens (including phenoxy) is 1. The summed E-state index contributed by atoms with van der Waals surface area (Å²) in [6.45, 7) is 2.20. The molecule has 2 aromatic rings. The van der Waals surface area contributed by atoms with Gasteiger partial charge >= 0.3 is 29.6 Å². The second kappa shape index (κ2) is 14.1. The van der Waals surface area contributed by atoms with Gasteiger partial charge in [0.2, 0.25) is 0 Å². The van der Waals surface area contributed by atoms with Gasteiger partial charge in [-0.2, -0.15) is 8.42 Å². The van der Waals surface area contributed by atoms with Crippen molar-refractivity contribution in [1.82, 2.24) is 0 Å². The minimum absolute atomic E-state index is 0. The van der Waals surface area contributed by atoms with Gasteiger partial charge in [0.15, 0.2) is 0 Å². The van der Waals surface area contributed by atoms with Crippen LogP contribution in [0.3, 0.4) is 0 Å². The Labute approximate surface area is 202 Å². The summed E-state index contributed by atoms with van der Waals surface area (Å²) in [6, 6.07) is 11.2. The second-order valence-corrected chi connectivity index (χ2v) is 8.77. The van der Waals surface area contributed by atoms with Crippen molar-refractivity contribution >= 4 is 10.1 Å². The van der Waals surface area contributed by atoms with E-state index in [2.05, 4.69) is 6.92 Å². The van der Waals surface area contributed by atoms with Gasteiger partial charge in [-0.25, -0.2) is 0 Å². The van der Waals surface area contributed by atoms with Gasteiger partial charge < -0.3 is 9.84 Å². The first-order chi connectivity index (χ1) is 13.9. The summed E-state index contributed by atoms with van der Waals surface area (Å²) in [5, 5.41) is 12.3. The number of aryl methyl sites for hydroxylation is 1. The molecule has 5 nitrogen and oxygen atoms in total. The average molecular weight is 443 g/mol. The summed E-state index contributed by atoms with van der Waals surface area (Å²) >= 11 is 0. The van der Waals surface area contributed by atoms with Crippen LogP contribution in [0.2, 0.25) is 0 Å². The average Bonchev–Trinajstić information content (AvgIpc) is 2.68. The molecule has 0 amide bonds. The van der Waals surface area contributed by atoms with Crippen LogP contribution in [0.15, 0.2) is 47.4 Å². The van der Waals surface area contributed by atoms with Gasteiger partial charge in [-0.1, -0.05) is 82.2 Å². The van der Waals surface area contributed by atoms with E-state index < -0.39 is 15.9 Å². The molecule has 0 bridgehead atoms. The molecule has 0 saturated carbocycles. The van der Waals surface area contributed by atoms with E-state index in [1.165, 1.54) is 44.6 Å². The van der Waals surface area contributed by atoms with E-state index in [4.69, 9.17) is 4.74 Å². The van der Waals surface area contributed by atoms with Crippen LogP contribution in [0, 0.1) is 0 Å². The fraction of sp³-hybridized carbons (Fsp3) is 0.478. The summed E-state index contributed by atoms with van der Waals surface area (Å²) < 4.78 is 38.6. The maximum Gasteiger partial charge on any atom is 1.00 e. The molecule has 0 fully saturated rings. The fourth-order valence-electron chi connectivity index (χ4n) is 3.34. The first-order valence-electron chi connectivity index (χ1n) is 10.5. The molecule has 0 radical (unpaired) electrons. The molecule has 1 N–H and O–H groups in total. The molecule has 7 heteroatoms. The molecule has 0 aliphatic rings. The van der Waals surface area contributed by atoms with Crippen LogP contribution in [-0.4, -0.2) is 13.0 Å². The van der Waals surface area contributed by atoms with Gasteiger partial charge in [0.1, 0.15) is 11.5 Å². The van der Waals surface area contributed by atoms with Crippen LogP contribution in [-0.2, 0) is 16.5 Å². The van der Waals surface area contributed by atoms with E-state index in [0.29, 0.717) is 17.7 Å². The fourth-order valence-corrected chi connectivity index (χ4v) is 4.09. The Morgan fingerprint density at radius 2 is 1.47 bits per heavy atom. The molecule has 160 valence electrons. The molecule has 0 aliphatic heterocycles. The third-order valence-corrected chi connectivity index (χ3v) is 5.86. The van der Waals surface area contributed by atoms with Crippen LogP contribution in [0.5, 0.6) is 17.2 Å². The molecule has 0 aromatic heterocycles. The normalized spacial score (nSPS) is 11.1. The topological polar surface area (TPSA) is 86.7 Å². The second-order valence-electron chi connectivity index (χ2n) is 7.38. The van der Waals surface area contributed by atoms with E-state index in [9.17, 15) is 18.1 Å². The first kappa shape index (κ1) is 27.0. The van der Waals surface area contributed by atoms with Crippen LogP contribution in [0.25, 0.3) is 0 Å². The summed E-state index contributed by atoms with van der Waals surface area (Å²) in [5.41, 5.74) is 0.418. The zero-order chi connectivity index (χ0) is 21.1. The predicted molar refractivity (Wildman–Crippen MR) is 113 cm³/mol. The van der Waals surface area contributed by atoms with Crippen molar-refractivity contribution in [2.24, 2.45) is 0 Å². The third kappa shape index (κ3) is 9.40. The summed E-state index contributed by atoms with van der Waals surface area (Å²) in [7, 11) is -4.46. The minimum Gasteiger partial charge on any atom is -0.870 e. The molecule has 0 aliphatic carbocycles. The number of hydrogen-bond donors (Lipinski definition) is 1. The van der Waals surface area contributed by atoms with Gasteiger partial charge in [-0.05, 0) is 42.7 Å². The van der Waals surface area contributed by atoms with Gasteiger partial charge in [-0.3, -0.25) is 4.55 Å². The molecule has 2 rings (SSSR count). The van der Waals surface area contributed by atoms with Crippen LogP contribution >= 0.6 is 0 Å². The molecule has 0 unspecified atom stereocenters. The maximum absolute atomic E-state index is 12.3. The van der Waals surface area contributed by atoms with Crippen LogP contribution in [0.1, 0.15) is 70.3 Å². The van der Waals surface area contributed by atoms with Crippen LogP contribution in [0.4, 0.5) is 0 Å². The third-order valence-electron chi connectivity index (χ3n) is 4.93. The Balaban J connectivity index is 0.00000450. The smallest absolute Gasteiger partial charge is 0.870 e. The standard InChI is InChI=1S/C23H32O5S.Na/c1-2-3-4-5-6-7-8-9-11-14-19-17-22(28-20-15-12-10-13-16-20)21(24)18-23(19)29(25,26)27;/h10,12-13,15-18,24H,2-9,11,14H2,1H3,(H,25,26,27);/q;+1/p-1. The molecule has 0 heterocycles. The van der Waals surface area contributed by atoms with E-state index in [-0.39, 0.29) is 40.2 Å². The number of unbranched alkanes of at least 4 members (excludes halogenated alkanes) is 8. The number of para-hydroxylation sites is 1. The molecule has 0 saturated heterocycles. The van der Waals surface area contributed by atoms with E-state index in [0.717, 1.165) is 25.3 Å². The van der Waals surface area contributed by atoms with Crippen molar-refractivity contribution in [3.8, 4) is 17.2 Å². The van der Waals surface area contributed by atoms with Gasteiger partial charge in [-0.15, -0.1) is 0 Å². The Kier molecular flexibility index (Phi) is 12.7. The molecule has 0 spiro atoms. The Morgan fingerprint density at radius 1 is 0.900 bits per heavy atom.